The van der Waals surface area contributed by atoms with E-state index in [0.29, 0.717) is 13.2 Å². The molecule has 1 fully saturated rings. The van der Waals surface area contributed by atoms with Gasteiger partial charge in [-0.25, -0.2) is 18.6 Å². The van der Waals surface area contributed by atoms with E-state index < -0.39 is 10.0 Å². The second-order valence-electron chi connectivity index (χ2n) is 3.78. The second kappa shape index (κ2) is 5.01. The number of sulfonamides is 1. The number of hydrogen-bond donors (Lipinski definition) is 2. The summed E-state index contributed by atoms with van der Waals surface area (Å²) in [6, 6.07) is 6.35. The van der Waals surface area contributed by atoms with Gasteiger partial charge >= 0.3 is 0 Å². The van der Waals surface area contributed by atoms with Crippen LogP contribution in [-0.4, -0.2) is 39.7 Å². The van der Waals surface area contributed by atoms with Crippen molar-refractivity contribution in [3.8, 4) is 0 Å². The minimum atomic E-state index is -3.61. The maximum Gasteiger partial charge on any atom is 0.238 e. The first kappa shape index (κ1) is 12.3. The summed E-state index contributed by atoms with van der Waals surface area (Å²) in [4.78, 5) is 0.116. The molecule has 2 rings (SSSR count). The van der Waals surface area contributed by atoms with Crippen LogP contribution in [0.1, 0.15) is 0 Å². The minimum absolute atomic E-state index is 0.116. The highest BCUT2D eigenvalue weighted by atomic mass is 32.2. The van der Waals surface area contributed by atoms with Crippen molar-refractivity contribution in [2.45, 2.75) is 4.90 Å². The number of morpholine rings is 1. The second-order valence-corrected chi connectivity index (χ2v) is 5.34. The summed E-state index contributed by atoms with van der Waals surface area (Å²) in [6.07, 6.45) is 0. The van der Waals surface area contributed by atoms with Crippen molar-refractivity contribution >= 4 is 15.7 Å². The number of anilines is 1. The van der Waals surface area contributed by atoms with E-state index in [-0.39, 0.29) is 4.90 Å². The van der Waals surface area contributed by atoms with Gasteiger partial charge in [0.2, 0.25) is 10.0 Å². The highest BCUT2D eigenvalue weighted by molar-refractivity contribution is 7.89. The van der Waals surface area contributed by atoms with E-state index in [2.05, 4.69) is 5.43 Å². The third-order valence-corrected chi connectivity index (χ3v) is 3.41. The summed E-state index contributed by atoms with van der Waals surface area (Å²) >= 11 is 0. The molecule has 0 aliphatic carbocycles. The van der Waals surface area contributed by atoms with Gasteiger partial charge in [0, 0.05) is 18.8 Å². The zero-order valence-corrected chi connectivity index (χ0v) is 10.1. The van der Waals surface area contributed by atoms with Gasteiger partial charge in [0.1, 0.15) is 0 Å². The van der Waals surface area contributed by atoms with Gasteiger partial charge in [-0.3, -0.25) is 0 Å². The van der Waals surface area contributed by atoms with E-state index in [0.717, 1.165) is 18.8 Å². The first-order chi connectivity index (χ1) is 8.05. The Balaban J connectivity index is 2.03. The number of rotatable bonds is 3. The van der Waals surface area contributed by atoms with Gasteiger partial charge < -0.3 is 10.2 Å². The maximum atomic E-state index is 11.1. The third kappa shape index (κ3) is 3.40. The summed E-state index contributed by atoms with van der Waals surface area (Å²) in [5, 5.41) is 7.04. The Morgan fingerprint density at radius 2 is 1.76 bits per heavy atom. The van der Waals surface area contributed by atoms with Crippen molar-refractivity contribution < 1.29 is 13.2 Å². The minimum Gasteiger partial charge on any atom is -0.379 e. The predicted octanol–water partition coefficient (Wildman–Crippen LogP) is -0.00690. The Kier molecular flexibility index (Phi) is 3.63. The van der Waals surface area contributed by atoms with Crippen LogP contribution in [0.5, 0.6) is 0 Å². The van der Waals surface area contributed by atoms with Crippen molar-refractivity contribution in [3.05, 3.63) is 24.3 Å². The summed E-state index contributed by atoms with van der Waals surface area (Å²) in [6.45, 7) is 3.00. The summed E-state index contributed by atoms with van der Waals surface area (Å²) in [5.74, 6) is 0. The number of nitrogens with one attached hydrogen (secondary N) is 1. The Hall–Kier alpha value is -1.15. The van der Waals surface area contributed by atoms with E-state index in [1.807, 2.05) is 5.01 Å². The number of hydrazine groups is 1. The largest absolute Gasteiger partial charge is 0.379 e. The molecular formula is C10H15N3O3S. The average Bonchev–Trinajstić information content (AvgIpc) is 2.30. The quantitative estimate of drug-likeness (QED) is 0.795. The van der Waals surface area contributed by atoms with Gasteiger partial charge in [0.05, 0.1) is 18.1 Å². The van der Waals surface area contributed by atoms with Gasteiger partial charge in [0.25, 0.3) is 0 Å². The molecule has 1 saturated heterocycles. The van der Waals surface area contributed by atoms with Crippen molar-refractivity contribution in [1.29, 1.82) is 0 Å². The van der Waals surface area contributed by atoms with Crippen molar-refractivity contribution in [3.63, 3.8) is 0 Å². The zero-order chi connectivity index (χ0) is 12.3. The molecule has 1 aliphatic heterocycles. The Labute approximate surface area is 100 Å². The third-order valence-electron chi connectivity index (χ3n) is 2.48. The van der Waals surface area contributed by atoms with E-state index in [9.17, 15) is 8.42 Å². The lowest BCUT2D eigenvalue weighted by atomic mass is 10.3. The van der Waals surface area contributed by atoms with Crippen molar-refractivity contribution in [2.75, 3.05) is 31.7 Å². The summed E-state index contributed by atoms with van der Waals surface area (Å²) < 4.78 is 27.4. The lowest BCUT2D eigenvalue weighted by Gasteiger charge is -2.27. The molecule has 0 aromatic heterocycles. The molecule has 1 aromatic carbocycles. The van der Waals surface area contributed by atoms with E-state index in [1.54, 1.807) is 12.1 Å². The van der Waals surface area contributed by atoms with Crippen LogP contribution in [0.2, 0.25) is 0 Å². The average molecular weight is 257 g/mol. The van der Waals surface area contributed by atoms with Gasteiger partial charge in [0.15, 0.2) is 0 Å². The van der Waals surface area contributed by atoms with Crippen LogP contribution in [-0.2, 0) is 14.8 Å². The summed E-state index contributed by atoms with van der Waals surface area (Å²) in [5.41, 5.74) is 4.01. The van der Waals surface area contributed by atoms with Crippen LogP contribution >= 0.6 is 0 Å². The summed E-state index contributed by atoms with van der Waals surface area (Å²) in [7, 11) is -3.61. The molecular weight excluding hydrogens is 242 g/mol. The zero-order valence-electron chi connectivity index (χ0n) is 9.30. The molecule has 0 spiro atoms. The molecule has 17 heavy (non-hydrogen) atoms. The highest BCUT2D eigenvalue weighted by Crippen LogP contribution is 2.13. The first-order valence-corrected chi connectivity index (χ1v) is 6.82. The van der Waals surface area contributed by atoms with Crippen LogP contribution in [0, 0.1) is 0 Å². The lowest BCUT2D eigenvalue weighted by molar-refractivity contribution is 0.0497. The molecule has 1 aliphatic rings. The fourth-order valence-corrected chi connectivity index (χ4v) is 2.09. The fraction of sp³-hybridized carbons (Fsp3) is 0.400. The predicted molar refractivity (Wildman–Crippen MR) is 63.8 cm³/mol. The molecule has 0 saturated carbocycles. The molecule has 7 heteroatoms. The normalized spacial score (nSPS) is 17.9. The van der Waals surface area contributed by atoms with E-state index in [1.165, 1.54) is 12.1 Å². The number of hydrogen-bond acceptors (Lipinski definition) is 5. The Bertz CT molecular complexity index is 466. The molecule has 94 valence electrons. The lowest BCUT2D eigenvalue weighted by Crippen LogP contribution is -2.40. The Morgan fingerprint density at radius 3 is 2.29 bits per heavy atom. The first-order valence-electron chi connectivity index (χ1n) is 5.28. The molecule has 0 bridgehead atoms. The van der Waals surface area contributed by atoms with Crippen molar-refractivity contribution in [2.24, 2.45) is 5.14 Å². The highest BCUT2D eigenvalue weighted by Gasteiger charge is 2.11. The van der Waals surface area contributed by atoms with Gasteiger partial charge in [-0.1, -0.05) is 0 Å². The van der Waals surface area contributed by atoms with Crippen LogP contribution in [0.4, 0.5) is 5.69 Å². The van der Waals surface area contributed by atoms with Crippen LogP contribution < -0.4 is 10.6 Å². The molecule has 0 atom stereocenters. The monoisotopic (exact) mass is 257 g/mol. The van der Waals surface area contributed by atoms with Crippen molar-refractivity contribution in [1.82, 2.24) is 5.01 Å². The fourth-order valence-electron chi connectivity index (χ4n) is 1.58. The molecule has 0 amide bonds. The van der Waals surface area contributed by atoms with Crippen LogP contribution in [0.25, 0.3) is 0 Å². The molecule has 1 aromatic rings. The standard InChI is InChI=1S/C10H15N3O3S/c11-17(14,15)10-3-1-9(2-4-10)12-13-5-7-16-8-6-13/h1-4,12H,5-8H2,(H2,11,14,15). The molecule has 3 N–H and O–H groups in total. The number of ether oxygens (including phenoxy) is 1. The number of nitrogens with zero attached hydrogens (tertiary/aromatic N) is 1. The number of benzene rings is 1. The smallest absolute Gasteiger partial charge is 0.238 e. The number of primary sulfonamides is 1. The molecule has 0 radical (unpaired) electrons. The Morgan fingerprint density at radius 1 is 1.18 bits per heavy atom. The topological polar surface area (TPSA) is 84.7 Å². The SMILES string of the molecule is NS(=O)(=O)c1ccc(NN2CCOCC2)cc1. The molecule has 0 unspecified atom stereocenters. The molecule has 1 heterocycles. The van der Waals surface area contributed by atoms with Gasteiger partial charge in [-0.05, 0) is 24.3 Å². The van der Waals surface area contributed by atoms with Crippen LogP contribution in [0.15, 0.2) is 29.2 Å². The van der Waals surface area contributed by atoms with E-state index >= 15 is 0 Å². The molecule has 6 nitrogen and oxygen atoms in total. The van der Waals surface area contributed by atoms with Crippen LogP contribution in [0.3, 0.4) is 0 Å². The van der Waals surface area contributed by atoms with E-state index in [4.69, 9.17) is 9.88 Å². The van der Waals surface area contributed by atoms with Gasteiger partial charge in [-0.2, -0.15) is 0 Å². The number of nitrogens with two attached hydrogens (primary N) is 1. The van der Waals surface area contributed by atoms with Gasteiger partial charge in [-0.15, -0.1) is 0 Å². The maximum absolute atomic E-state index is 11.1.